The smallest absolute Gasteiger partial charge is 0.202 e. The highest BCUT2D eigenvalue weighted by molar-refractivity contribution is 7.22. The van der Waals surface area contributed by atoms with Crippen LogP contribution in [0.25, 0.3) is 10.2 Å². The first-order chi connectivity index (χ1) is 13.7. The van der Waals surface area contributed by atoms with E-state index in [2.05, 4.69) is 52.9 Å². The minimum atomic E-state index is -0.276. The Hall–Kier alpha value is -2.99. The van der Waals surface area contributed by atoms with E-state index in [4.69, 9.17) is 4.99 Å². The van der Waals surface area contributed by atoms with E-state index in [1.165, 1.54) is 5.56 Å². The van der Waals surface area contributed by atoms with Gasteiger partial charge in [0.25, 0.3) is 0 Å². The van der Waals surface area contributed by atoms with E-state index in [0.717, 1.165) is 45.0 Å². The average molecular weight is 388 g/mol. The molecule has 0 bridgehead atoms. The Labute approximate surface area is 167 Å². The number of benzene rings is 2. The SMILES string of the molecule is Cc1ccc([C@H]2N=C(Nc3nc4ccccc4s3)NC3=C2C(=O)CCC3)cc1. The van der Waals surface area contributed by atoms with Gasteiger partial charge in [-0.25, -0.2) is 9.98 Å². The molecule has 2 heterocycles. The van der Waals surface area contributed by atoms with Crippen LogP contribution in [0, 0.1) is 6.92 Å². The number of fused-ring (bicyclic) bond motifs is 1. The summed E-state index contributed by atoms with van der Waals surface area (Å²) >= 11 is 1.59. The van der Waals surface area contributed by atoms with Gasteiger partial charge in [-0.1, -0.05) is 53.3 Å². The molecule has 5 rings (SSSR count). The Morgan fingerprint density at radius 2 is 1.93 bits per heavy atom. The number of carbonyl (C=O) groups excluding carboxylic acids is 1. The molecule has 0 saturated heterocycles. The van der Waals surface area contributed by atoms with Gasteiger partial charge in [0, 0.05) is 17.7 Å². The summed E-state index contributed by atoms with van der Waals surface area (Å²) in [5.74, 6) is 0.847. The molecule has 6 heteroatoms. The third-order valence-corrected chi connectivity index (χ3v) is 6.12. The fourth-order valence-electron chi connectivity index (χ4n) is 3.76. The van der Waals surface area contributed by atoms with Crippen LogP contribution in [0.15, 0.2) is 64.8 Å². The van der Waals surface area contributed by atoms with E-state index in [9.17, 15) is 4.79 Å². The second kappa shape index (κ2) is 6.87. The average Bonchev–Trinajstić information content (AvgIpc) is 3.10. The molecule has 1 aliphatic heterocycles. The summed E-state index contributed by atoms with van der Waals surface area (Å²) in [4.78, 5) is 22.2. The number of aromatic nitrogens is 1. The second-order valence-corrected chi connectivity index (χ2v) is 8.23. The lowest BCUT2D eigenvalue weighted by Gasteiger charge is -2.30. The van der Waals surface area contributed by atoms with E-state index in [1.54, 1.807) is 11.3 Å². The molecule has 0 amide bonds. The number of anilines is 1. The van der Waals surface area contributed by atoms with Crippen LogP contribution in [-0.2, 0) is 4.79 Å². The van der Waals surface area contributed by atoms with Gasteiger partial charge in [0.1, 0.15) is 6.04 Å². The van der Waals surface area contributed by atoms with Crippen LogP contribution in [0.1, 0.15) is 36.4 Å². The largest absolute Gasteiger partial charge is 0.329 e. The first-order valence-corrected chi connectivity index (χ1v) is 10.3. The first-order valence-electron chi connectivity index (χ1n) is 9.47. The van der Waals surface area contributed by atoms with Crippen molar-refractivity contribution in [2.45, 2.75) is 32.2 Å². The summed E-state index contributed by atoms with van der Waals surface area (Å²) < 4.78 is 1.13. The maximum atomic E-state index is 12.7. The van der Waals surface area contributed by atoms with Crippen LogP contribution in [0.3, 0.4) is 0 Å². The summed E-state index contributed by atoms with van der Waals surface area (Å²) in [6.07, 6.45) is 2.34. The van der Waals surface area contributed by atoms with Crippen LogP contribution in [0.2, 0.25) is 0 Å². The monoisotopic (exact) mass is 388 g/mol. The number of ketones is 1. The molecule has 0 saturated carbocycles. The Kier molecular flexibility index (Phi) is 4.20. The van der Waals surface area contributed by atoms with Gasteiger partial charge >= 0.3 is 0 Å². The number of nitrogens with zero attached hydrogens (tertiary/aromatic N) is 2. The van der Waals surface area contributed by atoms with Crippen LogP contribution in [0.5, 0.6) is 0 Å². The molecule has 2 aromatic carbocycles. The highest BCUT2D eigenvalue weighted by Crippen LogP contribution is 2.36. The number of hydrogen-bond donors (Lipinski definition) is 2. The maximum absolute atomic E-state index is 12.7. The van der Waals surface area contributed by atoms with Crippen molar-refractivity contribution in [3.63, 3.8) is 0 Å². The third kappa shape index (κ3) is 3.10. The minimum absolute atomic E-state index is 0.196. The fourth-order valence-corrected chi connectivity index (χ4v) is 4.62. The number of rotatable bonds is 2. The molecule has 0 unspecified atom stereocenters. The van der Waals surface area contributed by atoms with Gasteiger partial charge in [0.05, 0.1) is 10.2 Å². The molecule has 5 nitrogen and oxygen atoms in total. The normalized spacial score (nSPS) is 19.2. The summed E-state index contributed by atoms with van der Waals surface area (Å²) in [5.41, 5.74) is 5.00. The van der Waals surface area contributed by atoms with Crippen molar-refractivity contribution in [2.75, 3.05) is 5.32 Å². The second-order valence-electron chi connectivity index (χ2n) is 7.20. The molecule has 2 aliphatic rings. The minimum Gasteiger partial charge on any atom is -0.329 e. The quantitative estimate of drug-likeness (QED) is 0.666. The molecule has 140 valence electrons. The zero-order chi connectivity index (χ0) is 19.1. The number of nitrogens with one attached hydrogen (secondary N) is 2. The van der Waals surface area contributed by atoms with E-state index in [0.29, 0.717) is 12.4 Å². The molecule has 1 aliphatic carbocycles. The lowest BCUT2D eigenvalue weighted by atomic mass is 9.86. The number of thiazole rings is 1. The molecule has 1 atom stereocenters. The number of aliphatic imine (C=N–C) groups is 1. The summed E-state index contributed by atoms with van der Waals surface area (Å²) in [6.45, 7) is 2.06. The Morgan fingerprint density at radius 3 is 2.75 bits per heavy atom. The van der Waals surface area contributed by atoms with Crippen LogP contribution in [-0.4, -0.2) is 16.7 Å². The van der Waals surface area contributed by atoms with Gasteiger partial charge < -0.3 is 10.6 Å². The zero-order valence-electron chi connectivity index (χ0n) is 15.5. The van der Waals surface area contributed by atoms with E-state index in [-0.39, 0.29) is 11.8 Å². The van der Waals surface area contributed by atoms with Gasteiger partial charge in [0.2, 0.25) is 5.96 Å². The molecule has 28 heavy (non-hydrogen) atoms. The van der Waals surface area contributed by atoms with Crippen molar-refractivity contribution in [2.24, 2.45) is 4.99 Å². The molecule has 0 radical (unpaired) electrons. The molecule has 0 spiro atoms. The standard InChI is InChI=1S/C22H20N4OS/c1-13-9-11-14(12-10-13)20-19-16(6-4-7-17(19)27)23-21(25-20)26-22-24-15-5-2-3-8-18(15)28-22/h2-3,5,8-12,20H,4,6-7H2,1H3,(H2,23,24,25,26)/t20-/m1/s1. The molecule has 0 fully saturated rings. The van der Waals surface area contributed by atoms with Crippen molar-refractivity contribution in [1.29, 1.82) is 0 Å². The first kappa shape index (κ1) is 17.1. The molecule has 2 N–H and O–H groups in total. The van der Waals surface area contributed by atoms with E-state index >= 15 is 0 Å². The maximum Gasteiger partial charge on any atom is 0.202 e. The lowest BCUT2D eigenvalue weighted by molar-refractivity contribution is -0.116. The number of hydrogen-bond acceptors (Lipinski definition) is 6. The fraction of sp³-hybridized carbons (Fsp3) is 0.227. The highest BCUT2D eigenvalue weighted by atomic mass is 32.1. The summed E-state index contributed by atoms with van der Waals surface area (Å²) in [6, 6.07) is 16.1. The third-order valence-electron chi connectivity index (χ3n) is 5.17. The van der Waals surface area contributed by atoms with Gasteiger partial charge in [-0.05, 0) is 37.5 Å². The van der Waals surface area contributed by atoms with Gasteiger partial charge in [-0.15, -0.1) is 0 Å². The number of carbonyl (C=O) groups is 1. The number of para-hydroxylation sites is 1. The van der Waals surface area contributed by atoms with Crippen molar-refractivity contribution in [1.82, 2.24) is 10.3 Å². The van der Waals surface area contributed by atoms with Crippen molar-refractivity contribution in [3.8, 4) is 0 Å². The summed E-state index contributed by atoms with van der Waals surface area (Å²) in [5, 5.41) is 7.48. The predicted molar refractivity (Wildman–Crippen MR) is 114 cm³/mol. The number of aryl methyl sites for hydroxylation is 1. The highest BCUT2D eigenvalue weighted by Gasteiger charge is 2.32. The van der Waals surface area contributed by atoms with Gasteiger partial charge in [-0.3, -0.25) is 4.79 Å². The zero-order valence-corrected chi connectivity index (χ0v) is 16.3. The van der Waals surface area contributed by atoms with Gasteiger partial charge in [0.15, 0.2) is 10.9 Å². The van der Waals surface area contributed by atoms with Crippen LogP contribution >= 0.6 is 11.3 Å². The number of Topliss-reactive ketones (excluding diaryl/α,β-unsaturated/α-hetero) is 1. The topological polar surface area (TPSA) is 66.4 Å². The Morgan fingerprint density at radius 1 is 1.11 bits per heavy atom. The van der Waals surface area contributed by atoms with E-state index in [1.807, 2.05) is 18.2 Å². The van der Waals surface area contributed by atoms with Crippen LogP contribution < -0.4 is 10.6 Å². The van der Waals surface area contributed by atoms with Crippen molar-refractivity contribution >= 4 is 38.4 Å². The molecular weight excluding hydrogens is 368 g/mol. The Balaban J connectivity index is 1.52. The number of allylic oxidation sites excluding steroid dienone is 1. The molecule has 3 aromatic rings. The molecule has 1 aromatic heterocycles. The van der Waals surface area contributed by atoms with E-state index < -0.39 is 0 Å². The predicted octanol–water partition coefficient (Wildman–Crippen LogP) is 4.72. The Bertz CT molecular complexity index is 1090. The van der Waals surface area contributed by atoms with Gasteiger partial charge in [-0.2, -0.15) is 0 Å². The van der Waals surface area contributed by atoms with Crippen molar-refractivity contribution < 1.29 is 4.79 Å². The van der Waals surface area contributed by atoms with Crippen LogP contribution in [0.4, 0.5) is 5.13 Å². The summed E-state index contributed by atoms with van der Waals surface area (Å²) in [7, 11) is 0. The van der Waals surface area contributed by atoms with Crippen molar-refractivity contribution in [3.05, 3.63) is 70.9 Å². The lowest BCUT2D eigenvalue weighted by Crippen LogP contribution is -2.38. The number of guanidine groups is 1. The molecular formula is C22H20N4OS.